The number of carbonyl (C=O) groups excluding carboxylic acids is 1. The van der Waals surface area contributed by atoms with Crippen LogP contribution in [0.4, 0.5) is 4.79 Å². The maximum absolute atomic E-state index is 12.1. The van der Waals surface area contributed by atoms with Gasteiger partial charge in [0, 0.05) is 37.2 Å². The van der Waals surface area contributed by atoms with Crippen molar-refractivity contribution in [3.8, 4) is 0 Å². The van der Waals surface area contributed by atoms with Crippen molar-refractivity contribution in [1.29, 1.82) is 0 Å². The average Bonchev–Trinajstić information content (AvgIpc) is 2.43. The zero-order chi connectivity index (χ0) is 15.2. The minimum absolute atomic E-state index is 0.0464. The number of hydrogen-bond acceptors (Lipinski definition) is 3. The lowest BCUT2D eigenvalue weighted by Crippen LogP contribution is -2.48. The number of rotatable bonds is 6. The lowest BCUT2D eigenvalue weighted by Gasteiger charge is -2.34. The standard InChI is InChI=1S/C15H30N2O2S/c1-12(2)13-10-17(8-9-20-13)14(19)16-7-5-6-15(3,4)11-18/h12-13,18H,5-11H2,1-4H3,(H,16,19)/t13-/m0/s1. The van der Waals surface area contributed by atoms with E-state index in [9.17, 15) is 9.90 Å². The molecule has 1 rings (SSSR count). The third-order valence-electron chi connectivity index (χ3n) is 3.86. The first kappa shape index (κ1) is 17.6. The number of thioether (sulfide) groups is 1. The number of urea groups is 1. The van der Waals surface area contributed by atoms with Gasteiger partial charge in [0.15, 0.2) is 0 Å². The molecule has 1 atom stereocenters. The van der Waals surface area contributed by atoms with E-state index in [0.29, 0.717) is 17.7 Å². The van der Waals surface area contributed by atoms with E-state index < -0.39 is 0 Å². The van der Waals surface area contributed by atoms with Gasteiger partial charge in [-0.15, -0.1) is 0 Å². The second kappa shape index (κ2) is 8.13. The highest BCUT2D eigenvalue weighted by Crippen LogP contribution is 2.25. The smallest absolute Gasteiger partial charge is 0.317 e. The third-order valence-corrected chi connectivity index (χ3v) is 5.40. The Morgan fingerprint density at radius 1 is 1.50 bits per heavy atom. The number of aliphatic hydroxyl groups is 1. The van der Waals surface area contributed by atoms with Crippen LogP contribution in [-0.2, 0) is 0 Å². The number of nitrogens with one attached hydrogen (secondary N) is 1. The van der Waals surface area contributed by atoms with Gasteiger partial charge in [-0.1, -0.05) is 27.7 Å². The monoisotopic (exact) mass is 302 g/mol. The topological polar surface area (TPSA) is 52.6 Å². The third kappa shape index (κ3) is 5.92. The maximum atomic E-state index is 12.1. The lowest BCUT2D eigenvalue weighted by molar-refractivity contribution is 0.147. The van der Waals surface area contributed by atoms with Gasteiger partial charge in [-0.2, -0.15) is 11.8 Å². The van der Waals surface area contributed by atoms with E-state index in [1.54, 1.807) is 0 Å². The molecular formula is C15H30N2O2S. The van der Waals surface area contributed by atoms with Crippen LogP contribution in [-0.4, -0.2) is 53.3 Å². The summed E-state index contributed by atoms with van der Waals surface area (Å²) >= 11 is 1.98. The molecular weight excluding hydrogens is 272 g/mol. The van der Waals surface area contributed by atoms with Crippen molar-refractivity contribution in [1.82, 2.24) is 10.2 Å². The first-order valence-electron chi connectivity index (χ1n) is 7.61. The van der Waals surface area contributed by atoms with Gasteiger partial charge in [-0.05, 0) is 24.2 Å². The lowest BCUT2D eigenvalue weighted by atomic mass is 9.89. The fourth-order valence-electron chi connectivity index (χ4n) is 2.22. The Hall–Kier alpha value is -0.420. The zero-order valence-electron chi connectivity index (χ0n) is 13.3. The summed E-state index contributed by atoms with van der Waals surface area (Å²) < 4.78 is 0. The SMILES string of the molecule is CC(C)[C@@H]1CN(C(=O)NCCCC(C)(C)CO)CCS1. The molecule has 0 bridgehead atoms. The molecule has 2 amide bonds. The second-order valence-corrected chi connectivity index (χ2v) is 8.10. The molecule has 1 aliphatic rings. The van der Waals surface area contributed by atoms with Crippen molar-refractivity contribution in [3.63, 3.8) is 0 Å². The Kier molecular flexibility index (Phi) is 7.17. The summed E-state index contributed by atoms with van der Waals surface area (Å²) in [6, 6.07) is 0.0674. The van der Waals surface area contributed by atoms with E-state index in [1.165, 1.54) is 0 Å². The molecule has 20 heavy (non-hydrogen) atoms. The molecule has 118 valence electrons. The van der Waals surface area contributed by atoms with Crippen LogP contribution in [0.5, 0.6) is 0 Å². The van der Waals surface area contributed by atoms with E-state index >= 15 is 0 Å². The van der Waals surface area contributed by atoms with Crippen molar-refractivity contribution in [2.75, 3.05) is 32.0 Å². The van der Waals surface area contributed by atoms with Gasteiger partial charge in [-0.3, -0.25) is 0 Å². The van der Waals surface area contributed by atoms with Crippen LogP contribution in [0.25, 0.3) is 0 Å². The van der Waals surface area contributed by atoms with E-state index in [-0.39, 0.29) is 18.1 Å². The van der Waals surface area contributed by atoms with E-state index in [1.807, 2.05) is 30.5 Å². The van der Waals surface area contributed by atoms with Crippen LogP contribution in [0.2, 0.25) is 0 Å². The number of nitrogens with zero attached hydrogens (tertiary/aromatic N) is 1. The van der Waals surface area contributed by atoms with E-state index in [4.69, 9.17) is 0 Å². The molecule has 1 aliphatic heterocycles. The molecule has 0 aliphatic carbocycles. The van der Waals surface area contributed by atoms with Crippen molar-refractivity contribution < 1.29 is 9.90 Å². The van der Waals surface area contributed by atoms with Crippen LogP contribution in [0, 0.1) is 11.3 Å². The average molecular weight is 302 g/mol. The Balaban J connectivity index is 2.25. The summed E-state index contributed by atoms with van der Waals surface area (Å²) in [7, 11) is 0. The molecule has 4 nitrogen and oxygen atoms in total. The van der Waals surface area contributed by atoms with Crippen molar-refractivity contribution >= 4 is 17.8 Å². The molecule has 0 aromatic carbocycles. The highest BCUT2D eigenvalue weighted by atomic mass is 32.2. The molecule has 0 unspecified atom stereocenters. The van der Waals surface area contributed by atoms with Gasteiger partial charge in [-0.25, -0.2) is 4.79 Å². The van der Waals surface area contributed by atoms with Gasteiger partial charge in [0.2, 0.25) is 0 Å². The Labute approximate surface area is 127 Å². The first-order valence-corrected chi connectivity index (χ1v) is 8.66. The summed E-state index contributed by atoms with van der Waals surface area (Å²) in [6.07, 6.45) is 1.84. The van der Waals surface area contributed by atoms with Gasteiger partial charge in [0.1, 0.15) is 0 Å². The predicted octanol–water partition coefficient (Wildman–Crippen LogP) is 2.57. The maximum Gasteiger partial charge on any atom is 0.317 e. The second-order valence-electron chi connectivity index (χ2n) is 6.76. The zero-order valence-corrected chi connectivity index (χ0v) is 14.1. The van der Waals surface area contributed by atoms with Crippen molar-refractivity contribution in [3.05, 3.63) is 0 Å². The molecule has 1 saturated heterocycles. The van der Waals surface area contributed by atoms with Gasteiger partial charge >= 0.3 is 6.03 Å². The molecule has 0 spiro atoms. The molecule has 2 N–H and O–H groups in total. The number of aliphatic hydroxyl groups excluding tert-OH is 1. The highest BCUT2D eigenvalue weighted by molar-refractivity contribution is 8.00. The first-order chi connectivity index (χ1) is 9.35. The quantitative estimate of drug-likeness (QED) is 0.742. The molecule has 5 heteroatoms. The fraction of sp³-hybridized carbons (Fsp3) is 0.933. The summed E-state index contributed by atoms with van der Waals surface area (Å²) in [6.45, 7) is 11.1. The van der Waals surface area contributed by atoms with Crippen LogP contribution in [0.1, 0.15) is 40.5 Å². The summed E-state index contributed by atoms with van der Waals surface area (Å²) in [4.78, 5) is 14.1. The largest absolute Gasteiger partial charge is 0.396 e. The minimum Gasteiger partial charge on any atom is -0.396 e. The molecule has 0 radical (unpaired) electrons. The predicted molar refractivity (Wildman–Crippen MR) is 86.2 cm³/mol. The van der Waals surface area contributed by atoms with Gasteiger partial charge in [0.05, 0.1) is 0 Å². The number of hydrogen-bond donors (Lipinski definition) is 2. The molecule has 0 aromatic rings. The van der Waals surface area contributed by atoms with Gasteiger partial charge < -0.3 is 15.3 Å². The van der Waals surface area contributed by atoms with Crippen molar-refractivity contribution in [2.24, 2.45) is 11.3 Å². The van der Waals surface area contributed by atoms with Crippen LogP contribution >= 0.6 is 11.8 Å². The van der Waals surface area contributed by atoms with Crippen LogP contribution in [0.3, 0.4) is 0 Å². The minimum atomic E-state index is -0.0464. The molecule has 0 aromatic heterocycles. The number of amides is 2. The normalized spacial score (nSPS) is 20.3. The summed E-state index contributed by atoms with van der Waals surface area (Å²) in [5.74, 6) is 1.65. The Morgan fingerprint density at radius 3 is 2.80 bits per heavy atom. The molecule has 0 saturated carbocycles. The summed E-state index contributed by atoms with van der Waals surface area (Å²) in [5.41, 5.74) is -0.0464. The Bertz CT molecular complexity index is 308. The van der Waals surface area contributed by atoms with Gasteiger partial charge in [0.25, 0.3) is 0 Å². The van der Waals surface area contributed by atoms with Crippen molar-refractivity contribution in [2.45, 2.75) is 45.8 Å². The van der Waals surface area contributed by atoms with Crippen LogP contribution in [0.15, 0.2) is 0 Å². The highest BCUT2D eigenvalue weighted by Gasteiger charge is 2.25. The van der Waals surface area contributed by atoms with E-state index in [0.717, 1.165) is 31.7 Å². The molecule has 1 fully saturated rings. The Morgan fingerprint density at radius 2 is 2.20 bits per heavy atom. The fourth-order valence-corrected chi connectivity index (χ4v) is 3.52. The number of carbonyl (C=O) groups is 1. The van der Waals surface area contributed by atoms with E-state index in [2.05, 4.69) is 19.2 Å². The molecule has 1 heterocycles. The summed E-state index contributed by atoms with van der Waals surface area (Å²) in [5, 5.41) is 12.8. The van der Waals surface area contributed by atoms with Crippen LogP contribution < -0.4 is 5.32 Å².